The summed E-state index contributed by atoms with van der Waals surface area (Å²) in [5, 5.41) is 9.92. The Morgan fingerprint density at radius 3 is 2.76 bits per heavy atom. The number of carbonyl (C=O) groups is 1. The van der Waals surface area contributed by atoms with Crippen molar-refractivity contribution >= 4 is 11.8 Å². The Bertz CT molecular complexity index is 690. The van der Waals surface area contributed by atoms with E-state index < -0.39 is 0 Å². The quantitative estimate of drug-likeness (QED) is 0.874. The molecule has 0 radical (unpaired) electrons. The minimum Gasteiger partial charge on any atom is -0.374 e. The van der Waals surface area contributed by atoms with Gasteiger partial charge in [-0.1, -0.05) is 24.9 Å². The van der Waals surface area contributed by atoms with Gasteiger partial charge in [0.25, 0.3) is 0 Å². The Labute approximate surface area is 148 Å². The molecule has 1 aliphatic heterocycles. The van der Waals surface area contributed by atoms with Gasteiger partial charge in [-0.15, -0.1) is 0 Å². The van der Waals surface area contributed by atoms with Crippen molar-refractivity contribution in [2.45, 2.75) is 69.3 Å². The molecule has 2 heterocycles. The van der Waals surface area contributed by atoms with Gasteiger partial charge < -0.3 is 14.6 Å². The van der Waals surface area contributed by atoms with E-state index in [1.165, 1.54) is 25.7 Å². The molecule has 0 bridgehead atoms. The summed E-state index contributed by atoms with van der Waals surface area (Å²) in [6, 6.07) is 1.69. The average molecular weight is 345 g/mol. The van der Waals surface area contributed by atoms with E-state index in [4.69, 9.17) is 9.26 Å². The third-order valence-electron chi connectivity index (χ3n) is 7.48. The molecule has 6 heteroatoms. The molecule has 1 aromatic rings. The summed E-state index contributed by atoms with van der Waals surface area (Å²) in [6.07, 6.45) is 9.46. The molecule has 2 amide bonds. The van der Waals surface area contributed by atoms with Gasteiger partial charge in [0.15, 0.2) is 5.82 Å². The van der Waals surface area contributed by atoms with Gasteiger partial charge in [-0.3, -0.25) is 5.32 Å². The van der Waals surface area contributed by atoms with E-state index in [9.17, 15) is 4.79 Å². The number of urea groups is 1. The van der Waals surface area contributed by atoms with Crippen molar-refractivity contribution in [1.82, 2.24) is 10.5 Å². The van der Waals surface area contributed by atoms with Crippen LogP contribution in [0.5, 0.6) is 0 Å². The van der Waals surface area contributed by atoms with Crippen molar-refractivity contribution < 1.29 is 14.1 Å². The van der Waals surface area contributed by atoms with Gasteiger partial charge in [0.2, 0.25) is 0 Å². The summed E-state index contributed by atoms with van der Waals surface area (Å²) in [5.41, 5.74) is 0.319. The zero-order valence-corrected chi connectivity index (χ0v) is 14.9. The smallest absolute Gasteiger partial charge is 0.320 e. The monoisotopic (exact) mass is 345 g/mol. The molecule has 1 spiro atoms. The number of hydrogen-bond acceptors (Lipinski definition) is 4. The highest BCUT2D eigenvalue weighted by molar-refractivity contribution is 5.88. The maximum absolute atomic E-state index is 12.3. The fourth-order valence-electron chi connectivity index (χ4n) is 5.50. The number of hydrogen-bond donors (Lipinski definition) is 2. The molecular formula is C19H27N3O3. The van der Waals surface area contributed by atoms with Crippen LogP contribution in [0.25, 0.3) is 0 Å². The predicted octanol–water partition coefficient (Wildman–Crippen LogP) is 3.59. The van der Waals surface area contributed by atoms with Crippen LogP contribution in [0.2, 0.25) is 0 Å². The zero-order valence-electron chi connectivity index (χ0n) is 14.9. The molecule has 2 N–H and O–H groups in total. The molecule has 1 saturated heterocycles. The van der Waals surface area contributed by atoms with Crippen molar-refractivity contribution in [2.75, 3.05) is 18.5 Å². The Kier molecular flexibility index (Phi) is 3.28. The molecule has 4 aliphatic rings. The molecule has 0 unspecified atom stereocenters. The standard InChI is InChI=1S/C19H27N3O3/c1-17(5-2-3-6-17)14-9-15(22-25-14)21-16(23)20-12-18-10-13(18)11-24-19(18)7-4-8-19/h9,13H,2-8,10-12H2,1H3,(H2,20,21,22,23)/t13-,18+/m0/s1. The highest BCUT2D eigenvalue weighted by Crippen LogP contribution is 2.70. The number of aromatic nitrogens is 1. The van der Waals surface area contributed by atoms with E-state index in [1.54, 1.807) is 0 Å². The summed E-state index contributed by atoms with van der Waals surface area (Å²) in [4.78, 5) is 12.3. The Hall–Kier alpha value is -1.56. The van der Waals surface area contributed by atoms with Gasteiger partial charge in [0, 0.05) is 23.4 Å². The van der Waals surface area contributed by atoms with Crippen molar-refractivity contribution in [1.29, 1.82) is 0 Å². The molecule has 4 fully saturated rings. The minimum atomic E-state index is -0.196. The molecular weight excluding hydrogens is 318 g/mol. The van der Waals surface area contributed by atoms with Crippen LogP contribution < -0.4 is 10.6 Å². The van der Waals surface area contributed by atoms with E-state index in [-0.39, 0.29) is 22.5 Å². The maximum atomic E-state index is 12.3. The highest BCUT2D eigenvalue weighted by Gasteiger charge is 2.73. The van der Waals surface area contributed by atoms with Crippen molar-refractivity contribution in [2.24, 2.45) is 11.3 Å². The predicted molar refractivity (Wildman–Crippen MR) is 92.4 cm³/mol. The molecule has 3 aliphatic carbocycles. The summed E-state index contributed by atoms with van der Waals surface area (Å²) >= 11 is 0. The SMILES string of the molecule is CC1(c2cc(NC(=O)NC[C@]34C[C@H]3COC43CCC3)no2)CCCC1. The van der Waals surface area contributed by atoms with Crippen LogP contribution in [-0.4, -0.2) is 29.9 Å². The van der Waals surface area contributed by atoms with Crippen LogP contribution in [0.4, 0.5) is 10.6 Å². The number of ether oxygens (including phenoxy) is 1. The number of fused-ring (bicyclic) bond motifs is 2. The van der Waals surface area contributed by atoms with Crippen molar-refractivity contribution in [3.63, 3.8) is 0 Å². The van der Waals surface area contributed by atoms with Gasteiger partial charge >= 0.3 is 6.03 Å². The zero-order chi connectivity index (χ0) is 17.1. The maximum Gasteiger partial charge on any atom is 0.320 e. The molecule has 0 aromatic carbocycles. The summed E-state index contributed by atoms with van der Waals surface area (Å²) < 4.78 is 11.6. The van der Waals surface area contributed by atoms with Crippen molar-refractivity contribution in [3.8, 4) is 0 Å². The number of rotatable bonds is 4. The fourth-order valence-corrected chi connectivity index (χ4v) is 5.50. The van der Waals surface area contributed by atoms with E-state index in [2.05, 4.69) is 22.7 Å². The molecule has 2 atom stereocenters. The van der Waals surface area contributed by atoms with Gasteiger partial charge in [0.1, 0.15) is 5.76 Å². The van der Waals surface area contributed by atoms with E-state index in [1.807, 2.05) is 6.07 Å². The van der Waals surface area contributed by atoms with Gasteiger partial charge in [0.05, 0.1) is 12.2 Å². The average Bonchev–Trinajstić information content (AvgIpc) is 2.95. The number of nitrogens with zero attached hydrogens (tertiary/aromatic N) is 1. The Balaban J connectivity index is 1.19. The van der Waals surface area contributed by atoms with Gasteiger partial charge in [-0.25, -0.2) is 4.79 Å². The first-order chi connectivity index (χ1) is 12.1. The van der Waals surface area contributed by atoms with Crippen molar-refractivity contribution in [3.05, 3.63) is 11.8 Å². The van der Waals surface area contributed by atoms with E-state index in [0.717, 1.165) is 38.1 Å². The lowest BCUT2D eigenvalue weighted by Gasteiger charge is -2.45. The molecule has 136 valence electrons. The summed E-state index contributed by atoms with van der Waals surface area (Å²) in [7, 11) is 0. The number of carbonyl (C=O) groups excluding carboxylic acids is 1. The minimum absolute atomic E-state index is 0.0586. The summed E-state index contributed by atoms with van der Waals surface area (Å²) in [6.45, 7) is 3.79. The lowest BCUT2D eigenvalue weighted by Crippen LogP contribution is -2.51. The first-order valence-electron chi connectivity index (χ1n) is 9.71. The first-order valence-corrected chi connectivity index (χ1v) is 9.71. The second-order valence-corrected chi connectivity index (χ2v) is 8.87. The fraction of sp³-hybridized carbons (Fsp3) is 0.789. The third-order valence-corrected chi connectivity index (χ3v) is 7.48. The Morgan fingerprint density at radius 1 is 1.28 bits per heavy atom. The summed E-state index contributed by atoms with van der Waals surface area (Å²) in [5.74, 6) is 2.03. The van der Waals surface area contributed by atoms with Crippen LogP contribution in [0.1, 0.15) is 64.1 Å². The molecule has 3 saturated carbocycles. The van der Waals surface area contributed by atoms with Crippen LogP contribution in [0.3, 0.4) is 0 Å². The van der Waals surface area contributed by atoms with Crippen LogP contribution in [-0.2, 0) is 10.2 Å². The molecule has 25 heavy (non-hydrogen) atoms. The molecule has 5 rings (SSSR count). The van der Waals surface area contributed by atoms with E-state index in [0.29, 0.717) is 18.3 Å². The number of nitrogens with one attached hydrogen (secondary N) is 2. The van der Waals surface area contributed by atoms with Crippen LogP contribution in [0, 0.1) is 11.3 Å². The second kappa shape index (κ2) is 5.22. The normalized spacial score (nSPS) is 33.7. The topological polar surface area (TPSA) is 76.4 Å². The largest absolute Gasteiger partial charge is 0.374 e. The van der Waals surface area contributed by atoms with Gasteiger partial charge in [-0.2, -0.15) is 0 Å². The Morgan fingerprint density at radius 2 is 2.08 bits per heavy atom. The second-order valence-electron chi connectivity index (χ2n) is 8.87. The van der Waals surface area contributed by atoms with Crippen LogP contribution >= 0.6 is 0 Å². The number of amides is 2. The highest BCUT2D eigenvalue weighted by atomic mass is 16.5. The van der Waals surface area contributed by atoms with Gasteiger partial charge in [-0.05, 0) is 44.4 Å². The van der Waals surface area contributed by atoms with E-state index >= 15 is 0 Å². The lowest BCUT2D eigenvalue weighted by molar-refractivity contribution is -0.109. The lowest BCUT2D eigenvalue weighted by atomic mass is 9.68. The number of anilines is 1. The first kappa shape index (κ1) is 15.7. The van der Waals surface area contributed by atoms with Crippen LogP contribution in [0.15, 0.2) is 10.6 Å². The third kappa shape index (κ3) is 2.26. The molecule has 6 nitrogen and oxygen atoms in total. The molecule has 1 aromatic heterocycles.